The van der Waals surface area contributed by atoms with Crippen molar-refractivity contribution in [1.29, 1.82) is 0 Å². The van der Waals surface area contributed by atoms with Crippen LogP contribution in [0.3, 0.4) is 0 Å². The van der Waals surface area contributed by atoms with E-state index in [1.165, 1.54) is 0 Å². The van der Waals surface area contributed by atoms with E-state index in [1.54, 1.807) is 10.6 Å². The van der Waals surface area contributed by atoms with Crippen LogP contribution in [0, 0.1) is 20.8 Å². The number of nitrogens with zero attached hydrogens (tertiary/aromatic N) is 2. The van der Waals surface area contributed by atoms with Crippen molar-refractivity contribution in [3.05, 3.63) is 64.6 Å². The van der Waals surface area contributed by atoms with Crippen LogP contribution >= 0.6 is 0 Å². The third-order valence-corrected chi connectivity index (χ3v) is 3.98. The molecule has 1 N–H and O–H groups in total. The first-order chi connectivity index (χ1) is 11.0. The summed E-state index contributed by atoms with van der Waals surface area (Å²) in [5, 5.41) is 9.50. The second-order valence-electron chi connectivity index (χ2n) is 5.63. The van der Waals surface area contributed by atoms with Crippen LogP contribution in [0.4, 0.5) is 0 Å². The van der Waals surface area contributed by atoms with E-state index < -0.39 is 5.97 Å². The minimum absolute atomic E-state index is 0.118. The zero-order chi connectivity index (χ0) is 16.6. The Bertz CT molecular complexity index is 897. The molecule has 0 amide bonds. The molecule has 0 spiro atoms. The summed E-state index contributed by atoms with van der Waals surface area (Å²) < 4.78 is 7.40. The van der Waals surface area contributed by atoms with E-state index in [0.717, 1.165) is 22.4 Å². The minimum atomic E-state index is -1.01. The first kappa shape index (κ1) is 15.1. The number of aromatic carboxylic acids is 1. The van der Waals surface area contributed by atoms with E-state index >= 15 is 0 Å². The smallest absolute Gasteiger partial charge is 0.354 e. The molecule has 5 heteroatoms. The van der Waals surface area contributed by atoms with Crippen LogP contribution in [0.1, 0.15) is 32.9 Å². The van der Waals surface area contributed by atoms with Crippen LogP contribution in [-0.4, -0.2) is 20.5 Å². The number of carboxylic acid groups (broad SMARTS) is 1. The molecule has 0 fully saturated rings. The normalized spacial score (nSPS) is 10.9. The Morgan fingerprint density at radius 1 is 1.26 bits per heavy atom. The van der Waals surface area contributed by atoms with Gasteiger partial charge in [0.25, 0.3) is 0 Å². The lowest BCUT2D eigenvalue weighted by molar-refractivity contribution is 0.0686. The van der Waals surface area contributed by atoms with Crippen LogP contribution in [0.15, 0.2) is 36.5 Å². The third kappa shape index (κ3) is 2.77. The molecule has 0 radical (unpaired) electrons. The fourth-order valence-electron chi connectivity index (χ4n) is 2.55. The molecule has 3 aromatic rings. The van der Waals surface area contributed by atoms with Crippen LogP contribution in [0.25, 0.3) is 5.65 Å². The lowest BCUT2D eigenvalue weighted by Crippen LogP contribution is -2.08. The summed E-state index contributed by atoms with van der Waals surface area (Å²) in [6.07, 6.45) is 1.72. The summed E-state index contributed by atoms with van der Waals surface area (Å²) in [5.74, 6) is -0.268. The molecule has 0 saturated carbocycles. The number of rotatable bonds is 4. The van der Waals surface area contributed by atoms with Gasteiger partial charge in [0, 0.05) is 6.20 Å². The van der Waals surface area contributed by atoms with Gasteiger partial charge in [0.1, 0.15) is 23.7 Å². The van der Waals surface area contributed by atoms with Crippen LogP contribution < -0.4 is 4.74 Å². The predicted octanol–water partition coefficient (Wildman–Crippen LogP) is 3.54. The van der Waals surface area contributed by atoms with Gasteiger partial charge in [0.15, 0.2) is 5.69 Å². The highest BCUT2D eigenvalue weighted by Gasteiger charge is 2.19. The van der Waals surface area contributed by atoms with Gasteiger partial charge in [-0.05, 0) is 55.7 Å². The molecule has 0 atom stereocenters. The summed E-state index contributed by atoms with van der Waals surface area (Å²) in [4.78, 5) is 16.0. The molecule has 2 aromatic heterocycles. The fourth-order valence-corrected chi connectivity index (χ4v) is 2.55. The molecule has 0 aliphatic carbocycles. The zero-order valence-electron chi connectivity index (χ0n) is 13.3. The van der Waals surface area contributed by atoms with Crippen molar-refractivity contribution in [1.82, 2.24) is 9.38 Å². The molecule has 2 heterocycles. The largest absolute Gasteiger partial charge is 0.487 e. The Hall–Kier alpha value is -2.82. The van der Waals surface area contributed by atoms with Gasteiger partial charge < -0.3 is 9.84 Å². The van der Waals surface area contributed by atoms with E-state index in [1.807, 2.05) is 51.1 Å². The molecule has 0 saturated heterocycles. The molecule has 0 aliphatic heterocycles. The number of pyridine rings is 1. The van der Waals surface area contributed by atoms with Gasteiger partial charge >= 0.3 is 5.97 Å². The number of imidazole rings is 1. The van der Waals surface area contributed by atoms with Gasteiger partial charge in [-0.1, -0.05) is 12.1 Å². The van der Waals surface area contributed by atoms with Crippen molar-refractivity contribution in [2.24, 2.45) is 0 Å². The predicted molar refractivity (Wildman–Crippen MR) is 87.1 cm³/mol. The first-order valence-electron chi connectivity index (χ1n) is 7.37. The number of benzene rings is 1. The second-order valence-corrected chi connectivity index (χ2v) is 5.63. The number of carboxylic acids is 1. The van der Waals surface area contributed by atoms with E-state index in [-0.39, 0.29) is 12.3 Å². The quantitative estimate of drug-likeness (QED) is 0.800. The molecular weight excluding hydrogens is 292 g/mol. The highest BCUT2D eigenvalue weighted by Crippen LogP contribution is 2.23. The van der Waals surface area contributed by atoms with Crippen molar-refractivity contribution >= 4 is 11.6 Å². The van der Waals surface area contributed by atoms with Gasteiger partial charge in [-0.15, -0.1) is 0 Å². The standard InChI is InChI=1S/C18H18N2O3/c1-11-7-8-20-16(9-11)19-14(17(20)18(21)22)10-23-15-6-4-5-12(2)13(15)3/h4-9H,10H2,1-3H3,(H,21,22). The topological polar surface area (TPSA) is 63.8 Å². The Morgan fingerprint density at radius 2 is 2.04 bits per heavy atom. The maximum Gasteiger partial charge on any atom is 0.354 e. The summed E-state index contributed by atoms with van der Waals surface area (Å²) in [5.41, 5.74) is 4.38. The van der Waals surface area contributed by atoms with Crippen molar-refractivity contribution in [2.75, 3.05) is 0 Å². The van der Waals surface area contributed by atoms with Gasteiger partial charge in [-0.25, -0.2) is 9.78 Å². The Morgan fingerprint density at radius 3 is 2.78 bits per heavy atom. The molecule has 0 bridgehead atoms. The monoisotopic (exact) mass is 310 g/mol. The summed E-state index contributed by atoms with van der Waals surface area (Å²) in [7, 11) is 0. The number of aromatic nitrogens is 2. The molecule has 1 aromatic carbocycles. The summed E-state index contributed by atoms with van der Waals surface area (Å²) in [6, 6.07) is 9.52. The van der Waals surface area contributed by atoms with Crippen LogP contribution in [-0.2, 0) is 6.61 Å². The van der Waals surface area contributed by atoms with E-state index in [4.69, 9.17) is 4.74 Å². The van der Waals surface area contributed by atoms with Crippen molar-refractivity contribution in [2.45, 2.75) is 27.4 Å². The van der Waals surface area contributed by atoms with Gasteiger partial charge in [0.2, 0.25) is 0 Å². The fraction of sp³-hybridized carbons (Fsp3) is 0.222. The van der Waals surface area contributed by atoms with Gasteiger partial charge in [-0.3, -0.25) is 4.40 Å². The average molecular weight is 310 g/mol. The maximum atomic E-state index is 11.6. The van der Waals surface area contributed by atoms with Gasteiger partial charge in [-0.2, -0.15) is 0 Å². The van der Waals surface area contributed by atoms with Crippen molar-refractivity contribution in [3.63, 3.8) is 0 Å². The SMILES string of the molecule is Cc1ccn2c(C(=O)O)c(COc3cccc(C)c3C)nc2c1. The summed E-state index contributed by atoms with van der Waals surface area (Å²) in [6.45, 7) is 6.06. The highest BCUT2D eigenvalue weighted by molar-refractivity contribution is 5.88. The van der Waals surface area contributed by atoms with Crippen molar-refractivity contribution < 1.29 is 14.6 Å². The number of ether oxygens (including phenoxy) is 1. The molecule has 5 nitrogen and oxygen atoms in total. The van der Waals surface area contributed by atoms with Gasteiger partial charge in [0.05, 0.1) is 0 Å². The van der Waals surface area contributed by atoms with E-state index in [0.29, 0.717) is 11.3 Å². The minimum Gasteiger partial charge on any atom is -0.487 e. The Balaban J connectivity index is 1.98. The maximum absolute atomic E-state index is 11.6. The molecule has 0 aliphatic rings. The Kier molecular flexibility index (Phi) is 3.78. The highest BCUT2D eigenvalue weighted by atomic mass is 16.5. The lowest BCUT2D eigenvalue weighted by Gasteiger charge is -2.10. The zero-order valence-corrected chi connectivity index (χ0v) is 13.3. The number of hydrogen-bond acceptors (Lipinski definition) is 3. The molecule has 0 unspecified atom stereocenters. The lowest BCUT2D eigenvalue weighted by atomic mass is 10.1. The van der Waals surface area contributed by atoms with Crippen molar-refractivity contribution in [3.8, 4) is 5.75 Å². The van der Waals surface area contributed by atoms with Crippen LogP contribution in [0.2, 0.25) is 0 Å². The first-order valence-corrected chi connectivity index (χ1v) is 7.37. The molecular formula is C18H18N2O3. The number of aryl methyl sites for hydroxylation is 2. The molecule has 118 valence electrons. The average Bonchev–Trinajstić information content (AvgIpc) is 2.86. The number of hydrogen-bond donors (Lipinski definition) is 1. The van der Waals surface area contributed by atoms with Crippen LogP contribution in [0.5, 0.6) is 5.75 Å². The number of fused-ring (bicyclic) bond motifs is 1. The molecule has 23 heavy (non-hydrogen) atoms. The Labute approximate surface area is 134 Å². The van der Waals surface area contributed by atoms with E-state index in [2.05, 4.69) is 4.98 Å². The number of carbonyl (C=O) groups is 1. The second kappa shape index (κ2) is 5.76. The molecule has 3 rings (SSSR count). The third-order valence-electron chi connectivity index (χ3n) is 3.98. The van der Waals surface area contributed by atoms with E-state index in [9.17, 15) is 9.90 Å². The summed E-state index contributed by atoms with van der Waals surface area (Å²) >= 11 is 0.